The Morgan fingerprint density at radius 2 is 1.83 bits per heavy atom. The summed E-state index contributed by atoms with van der Waals surface area (Å²) in [6, 6.07) is 21.6. The van der Waals surface area contributed by atoms with E-state index in [2.05, 4.69) is 0 Å². The van der Waals surface area contributed by atoms with Crippen LogP contribution in [-0.2, 0) is 11.4 Å². The molecule has 0 unspecified atom stereocenters. The Balaban J connectivity index is 1.83. The third-order valence-electron chi connectivity index (χ3n) is 3.54. The molecule has 0 bridgehead atoms. The first-order valence-electron chi connectivity index (χ1n) is 7.33. The highest BCUT2D eigenvalue weighted by molar-refractivity contribution is 5.94. The van der Waals surface area contributed by atoms with Crippen LogP contribution >= 0.6 is 0 Å². The number of aliphatic carboxylic acids is 1. The number of ether oxygens (including phenoxy) is 1. The summed E-state index contributed by atoms with van der Waals surface area (Å²) in [5.41, 5.74) is 1.99. The third-order valence-corrected chi connectivity index (χ3v) is 3.54. The second-order valence-electron chi connectivity index (χ2n) is 5.18. The van der Waals surface area contributed by atoms with Crippen molar-refractivity contribution >= 4 is 22.8 Å². The first-order chi connectivity index (χ1) is 11.2. The zero-order chi connectivity index (χ0) is 16.1. The number of fused-ring (bicyclic) bond motifs is 1. The minimum absolute atomic E-state index is 0.519. The van der Waals surface area contributed by atoms with Gasteiger partial charge in [-0.25, -0.2) is 4.79 Å². The van der Waals surface area contributed by atoms with Crippen LogP contribution in [0.3, 0.4) is 0 Å². The molecule has 1 N–H and O–H groups in total. The van der Waals surface area contributed by atoms with Crippen LogP contribution in [0.1, 0.15) is 11.1 Å². The molecule has 23 heavy (non-hydrogen) atoms. The van der Waals surface area contributed by atoms with Crippen LogP contribution in [0.5, 0.6) is 5.75 Å². The molecule has 0 saturated carbocycles. The van der Waals surface area contributed by atoms with Crippen LogP contribution in [0.4, 0.5) is 0 Å². The van der Waals surface area contributed by atoms with E-state index in [1.807, 2.05) is 66.7 Å². The SMILES string of the molecule is O=C(O)C=Cc1cccc2cc(OCc3ccccc3)ccc12. The van der Waals surface area contributed by atoms with Crippen molar-refractivity contribution in [2.45, 2.75) is 6.61 Å². The Morgan fingerprint density at radius 3 is 2.61 bits per heavy atom. The van der Waals surface area contributed by atoms with Crippen molar-refractivity contribution in [2.75, 3.05) is 0 Å². The van der Waals surface area contributed by atoms with Gasteiger partial charge in [-0.1, -0.05) is 54.6 Å². The summed E-state index contributed by atoms with van der Waals surface area (Å²) in [5, 5.41) is 10.8. The van der Waals surface area contributed by atoms with Crippen LogP contribution in [0.25, 0.3) is 16.8 Å². The smallest absolute Gasteiger partial charge is 0.328 e. The summed E-state index contributed by atoms with van der Waals surface area (Å²) in [7, 11) is 0. The molecular formula is C20H16O3. The van der Waals surface area contributed by atoms with Crippen LogP contribution in [0.2, 0.25) is 0 Å². The van der Waals surface area contributed by atoms with Gasteiger partial charge in [0.2, 0.25) is 0 Å². The van der Waals surface area contributed by atoms with Crippen molar-refractivity contribution < 1.29 is 14.6 Å². The third kappa shape index (κ3) is 3.77. The standard InChI is InChI=1S/C20H16O3/c21-20(22)12-9-16-7-4-8-17-13-18(10-11-19(16)17)23-14-15-5-2-1-3-6-15/h1-13H,14H2,(H,21,22). The molecule has 0 saturated heterocycles. The molecule has 0 aliphatic heterocycles. The lowest BCUT2D eigenvalue weighted by Crippen LogP contribution is -1.95. The predicted octanol–water partition coefficient (Wildman–Crippen LogP) is 4.52. The lowest BCUT2D eigenvalue weighted by molar-refractivity contribution is -0.131. The first kappa shape index (κ1) is 14.9. The first-order valence-corrected chi connectivity index (χ1v) is 7.33. The summed E-state index contributed by atoms with van der Waals surface area (Å²) < 4.78 is 5.83. The highest BCUT2D eigenvalue weighted by Crippen LogP contribution is 2.25. The van der Waals surface area contributed by atoms with Gasteiger partial charge in [0, 0.05) is 6.08 Å². The zero-order valence-electron chi connectivity index (χ0n) is 12.5. The highest BCUT2D eigenvalue weighted by Gasteiger charge is 2.02. The van der Waals surface area contributed by atoms with Crippen molar-refractivity contribution in [3.8, 4) is 5.75 Å². The van der Waals surface area contributed by atoms with Crippen LogP contribution in [-0.4, -0.2) is 11.1 Å². The van der Waals surface area contributed by atoms with Crippen LogP contribution in [0.15, 0.2) is 72.8 Å². The van der Waals surface area contributed by atoms with E-state index in [4.69, 9.17) is 9.84 Å². The maximum atomic E-state index is 10.7. The van der Waals surface area contributed by atoms with Gasteiger partial charge < -0.3 is 9.84 Å². The van der Waals surface area contributed by atoms with Gasteiger partial charge in [-0.05, 0) is 40.1 Å². The Labute approximate surface area is 134 Å². The molecule has 0 atom stereocenters. The topological polar surface area (TPSA) is 46.5 Å². The van der Waals surface area contributed by atoms with Gasteiger partial charge in [-0.15, -0.1) is 0 Å². The molecule has 3 nitrogen and oxygen atoms in total. The predicted molar refractivity (Wildman–Crippen MR) is 91.4 cm³/mol. The number of carboxylic acid groups (broad SMARTS) is 1. The van der Waals surface area contributed by atoms with E-state index in [1.54, 1.807) is 6.08 Å². The lowest BCUT2D eigenvalue weighted by atomic mass is 10.0. The molecule has 3 heteroatoms. The van der Waals surface area contributed by atoms with Gasteiger partial charge in [0.05, 0.1) is 0 Å². The van der Waals surface area contributed by atoms with Gasteiger partial charge in [0.25, 0.3) is 0 Å². The molecule has 3 rings (SSSR count). The van der Waals surface area contributed by atoms with E-state index in [1.165, 1.54) is 0 Å². The van der Waals surface area contributed by atoms with E-state index in [9.17, 15) is 4.79 Å². The number of hydrogen-bond donors (Lipinski definition) is 1. The molecular weight excluding hydrogens is 288 g/mol. The molecule has 0 aromatic heterocycles. The average molecular weight is 304 g/mol. The number of carboxylic acids is 1. The van der Waals surface area contributed by atoms with E-state index in [0.717, 1.165) is 33.7 Å². The summed E-state index contributed by atoms with van der Waals surface area (Å²) >= 11 is 0. The molecule has 0 radical (unpaired) electrons. The molecule has 0 amide bonds. The molecule has 0 spiro atoms. The van der Waals surface area contributed by atoms with Crippen molar-refractivity contribution in [3.63, 3.8) is 0 Å². The normalized spacial score (nSPS) is 11.0. The Morgan fingerprint density at radius 1 is 1.00 bits per heavy atom. The van der Waals surface area contributed by atoms with E-state index in [0.29, 0.717) is 6.61 Å². The van der Waals surface area contributed by atoms with Crippen molar-refractivity contribution in [1.29, 1.82) is 0 Å². The molecule has 3 aromatic rings. The second kappa shape index (κ2) is 6.79. The Hall–Kier alpha value is -3.07. The minimum Gasteiger partial charge on any atom is -0.489 e. The van der Waals surface area contributed by atoms with Gasteiger partial charge in [-0.3, -0.25) is 0 Å². The molecule has 0 fully saturated rings. The Bertz CT molecular complexity index is 851. The number of benzene rings is 3. The van der Waals surface area contributed by atoms with Gasteiger partial charge in [-0.2, -0.15) is 0 Å². The molecule has 3 aromatic carbocycles. The summed E-state index contributed by atoms with van der Waals surface area (Å²) in [6.45, 7) is 0.519. The molecule has 0 aliphatic rings. The van der Waals surface area contributed by atoms with E-state index >= 15 is 0 Å². The fourth-order valence-corrected chi connectivity index (χ4v) is 2.42. The summed E-state index contributed by atoms with van der Waals surface area (Å²) in [5.74, 6) is -0.162. The Kier molecular flexibility index (Phi) is 4.39. The second-order valence-corrected chi connectivity index (χ2v) is 5.18. The van der Waals surface area contributed by atoms with Gasteiger partial charge in [0.1, 0.15) is 12.4 Å². The molecule has 0 heterocycles. The maximum absolute atomic E-state index is 10.7. The van der Waals surface area contributed by atoms with E-state index < -0.39 is 5.97 Å². The van der Waals surface area contributed by atoms with Crippen LogP contribution in [0, 0.1) is 0 Å². The highest BCUT2D eigenvalue weighted by atomic mass is 16.5. The number of rotatable bonds is 5. The summed E-state index contributed by atoms with van der Waals surface area (Å²) in [6.07, 6.45) is 2.75. The van der Waals surface area contributed by atoms with Crippen molar-refractivity contribution in [3.05, 3.63) is 83.9 Å². The fourth-order valence-electron chi connectivity index (χ4n) is 2.42. The monoisotopic (exact) mass is 304 g/mol. The summed E-state index contributed by atoms with van der Waals surface area (Å²) in [4.78, 5) is 10.7. The van der Waals surface area contributed by atoms with Crippen LogP contribution < -0.4 is 4.74 Å². The van der Waals surface area contributed by atoms with Crippen molar-refractivity contribution in [2.24, 2.45) is 0 Å². The quantitative estimate of drug-likeness (QED) is 0.705. The van der Waals surface area contributed by atoms with Gasteiger partial charge in [0.15, 0.2) is 0 Å². The van der Waals surface area contributed by atoms with Crippen molar-refractivity contribution in [1.82, 2.24) is 0 Å². The van der Waals surface area contributed by atoms with E-state index in [-0.39, 0.29) is 0 Å². The lowest BCUT2D eigenvalue weighted by Gasteiger charge is -2.08. The minimum atomic E-state index is -0.954. The largest absolute Gasteiger partial charge is 0.489 e. The number of hydrogen-bond acceptors (Lipinski definition) is 2. The van der Waals surface area contributed by atoms with Gasteiger partial charge >= 0.3 is 5.97 Å². The number of carbonyl (C=O) groups is 1. The zero-order valence-corrected chi connectivity index (χ0v) is 12.5. The average Bonchev–Trinajstić information content (AvgIpc) is 2.58. The fraction of sp³-hybridized carbons (Fsp3) is 0.0500. The molecule has 114 valence electrons. The maximum Gasteiger partial charge on any atom is 0.328 e. The molecule has 0 aliphatic carbocycles.